The molecule has 1 aliphatic rings. The van der Waals surface area contributed by atoms with Gasteiger partial charge in [0.2, 0.25) is 0 Å². The van der Waals surface area contributed by atoms with E-state index in [-0.39, 0.29) is 0 Å². The van der Waals surface area contributed by atoms with Gasteiger partial charge in [0.05, 0.1) is 23.7 Å². The summed E-state index contributed by atoms with van der Waals surface area (Å²) in [5.74, 6) is 1.64. The summed E-state index contributed by atoms with van der Waals surface area (Å²) in [6, 6.07) is 18.5. The number of fused-ring (bicyclic) bond motifs is 3. The van der Waals surface area contributed by atoms with Gasteiger partial charge in [-0.1, -0.05) is 31.0 Å². The second kappa shape index (κ2) is 6.10. The molecule has 0 unspecified atom stereocenters. The van der Waals surface area contributed by atoms with Crippen molar-refractivity contribution in [2.45, 2.75) is 31.3 Å². The normalized spacial score (nSPS) is 16.2. The van der Waals surface area contributed by atoms with Crippen molar-refractivity contribution in [2.75, 3.05) is 7.11 Å². The van der Waals surface area contributed by atoms with Crippen LogP contribution in [0, 0.1) is 0 Å². The van der Waals surface area contributed by atoms with E-state index in [2.05, 4.69) is 33.8 Å². The maximum Gasteiger partial charge on any atom is 0.137 e. The molecular formula is C23H22N2O2. The minimum absolute atomic E-state index is 0.728. The van der Waals surface area contributed by atoms with Crippen LogP contribution >= 0.6 is 0 Å². The Balaban J connectivity index is 1.79. The molecule has 0 bridgehead atoms. The summed E-state index contributed by atoms with van der Waals surface area (Å²) in [7, 11) is 1.68. The Morgan fingerprint density at radius 3 is 2.56 bits per heavy atom. The van der Waals surface area contributed by atoms with E-state index in [0.29, 0.717) is 0 Å². The highest BCUT2D eigenvalue weighted by atomic mass is 16.5. The number of rotatable bonds is 3. The van der Waals surface area contributed by atoms with Gasteiger partial charge in [-0.3, -0.25) is 4.57 Å². The smallest absolute Gasteiger partial charge is 0.137 e. The van der Waals surface area contributed by atoms with E-state index >= 15 is 0 Å². The number of methoxy groups -OCH3 is 1. The van der Waals surface area contributed by atoms with E-state index in [1.807, 2.05) is 36.5 Å². The van der Waals surface area contributed by atoms with Crippen molar-refractivity contribution >= 4 is 21.8 Å². The number of ether oxygens (including phenoxy) is 1. The molecule has 2 aromatic carbocycles. The van der Waals surface area contributed by atoms with Gasteiger partial charge in [0, 0.05) is 23.0 Å². The second-order valence-electron chi connectivity index (χ2n) is 7.38. The molecule has 2 aromatic heterocycles. The van der Waals surface area contributed by atoms with E-state index in [1.54, 1.807) is 7.11 Å². The van der Waals surface area contributed by atoms with Gasteiger partial charge >= 0.3 is 0 Å². The summed E-state index contributed by atoms with van der Waals surface area (Å²) in [4.78, 5) is 4.65. The van der Waals surface area contributed by atoms with Crippen LogP contribution in [0.2, 0.25) is 0 Å². The number of hydrogen-bond acceptors (Lipinski definition) is 3. The molecule has 0 aliphatic heterocycles. The summed E-state index contributed by atoms with van der Waals surface area (Å²) in [6.07, 6.45) is 5.58. The number of aromatic nitrogens is 2. The van der Waals surface area contributed by atoms with Crippen molar-refractivity contribution in [2.24, 2.45) is 0 Å². The highest BCUT2D eigenvalue weighted by Crippen LogP contribution is 2.40. The zero-order chi connectivity index (χ0) is 18.4. The number of nitrogens with zero attached hydrogens (tertiary/aromatic N) is 2. The van der Waals surface area contributed by atoms with Crippen LogP contribution in [0.3, 0.4) is 0 Å². The van der Waals surface area contributed by atoms with E-state index in [0.717, 1.165) is 59.2 Å². The minimum atomic E-state index is -0.728. The predicted octanol–water partition coefficient (Wildman–Crippen LogP) is 4.95. The molecule has 4 aromatic rings. The van der Waals surface area contributed by atoms with E-state index in [4.69, 9.17) is 4.74 Å². The lowest BCUT2D eigenvalue weighted by Crippen LogP contribution is -2.21. The molecule has 1 fully saturated rings. The van der Waals surface area contributed by atoms with Gasteiger partial charge in [0.15, 0.2) is 0 Å². The Kier molecular flexibility index (Phi) is 3.69. The zero-order valence-corrected chi connectivity index (χ0v) is 15.4. The van der Waals surface area contributed by atoms with E-state index in [9.17, 15) is 5.11 Å². The fourth-order valence-corrected chi connectivity index (χ4v) is 4.40. The van der Waals surface area contributed by atoms with Gasteiger partial charge in [-0.25, -0.2) is 4.98 Å². The molecule has 4 heteroatoms. The van der Waals surface area contributed by atoms with Crippen LogP contribution in [0.4, 0.5) is 0 Å². The summed E-state index contributed by atoms with van der Waals surface area (Å²) >= 11 is 0. The largest absolute Gasteiger partial charge is 0.497 e. The van der Waals surface area contributed by atoms with Crippen LogP contribution in [-0.4, -0.2) is 21.8 Å². The minimum Gasteiger partial charge on any atom is -0.497 e. The molecule has 4 nitrogen and oxygen atoms in total. The number of aliphatic hydroxyl groups is 1. The Morgan fingerprint density at radius 2 is 1.74 bits per heavy atom. The Labute approximate surface area is 158 Å². The maximum atomic E-state index is 11.0. The zero-order valence-electron chi connectivity index (χ0n) is 15.4. The molecule has 0 radical (unpaired) electrons. The van der Waals surface area contributed by atoms with Crippen molar-refractivity contribution in [1.29, 1.82) is 0 Å². The number of benzene rings is 2. The van der Waals surface area contributed by atoms with Crippen molar-refractivity contribution in [3.63, 3.8) is 0 Å². The number of pyridine rings is 1. The van der Waals surface area contributed by atoms with Gasteiger partial charge in [-0.15, -0.1) is 0 Å². The Hall–Kier alpha value is -2.85. The molecule has 0 amide bonds. The summed E-state index contributed by atoms with van der Waals surface area (Å²) in [6.45, 7) is 0. The highest BCUT2D eigenvalue weighted by Gasteiger charge is 2.33. The molecule has 27 heavy (non-hydrogen) atoms. The third kappa shape index (κ3) is 2.52. The molecule has 2 heterocycles. The third-order valence-corrected chi connectivity index (χ3v) is 5.82. The van der Waals surface area contributed by atoms with Gasteiger partial charge < -0.3 is 9.84 Å². The lowest BCUT2D eigenvalue weighted by molar-refractivity contribution is 0.0444. The van der Waals surface area contributed by atoms with Crippen molar-refractivity contribution < 1.29 is 9.84 Å². The number of hydrogen-bond donors (Lipinski definition) is 1. The average Bonchev–Trinajstić information content (AvgIpc) is 3.30. The maximum absolute atomic E-state index is 11.0. The van der Waals surface area contributed by atoms with Crippen LogP contribution in [0.15, 0.2) is 60.8 Å². The average molecular weight is 358 g/mol. The molecule has 1 N–H and O–H groups in total. The molecule has 5 rings (SSSR count). The van der Waals surface area contributed by atoms with Gasteiger partial charge in [-0.2, -0.15) is 0 Å². The van der Waals surface area contributed by atoms with Crippen LogP contribution in [-0.2, 0) is 5.60 Å². The first-order valence-electron chi connectivity index (χ1n) is 9.46. The molecule has 136 valence electrons. The number of para-hydroxylation sites is 1. The lowest BCUT2D eigenvalue weighted by Gasteiger charge is -2.23. The van der Waals surface area contributed by atoms with Crippen molar-refractivity contribution in [1.82, 2.24) is 9.55 Å². The van der Waals surface area contributed by atoms with Gasteiger partial charge in [-0.05, 0) is 48.7 Å². The molecule has 1 saturated carbocycles. The Morgan fingerprint density at radius 1 is 0.963 bits per heavy atom. The summed E-state index contributed by atoms with van der Waals surface area (Å²) in [5, 5.41) is 13.4. The standard InChI is InChI=1S/C23H22N2O2/c1-27-17-8-9-19-18-6-2-3-7-20(18)25(21(19)15-17)22-14-16(10-13-24-22)23(26)11-4-5-12-23/h2-3,6-10,13-15,26H,4-5,11-12H2,1H3. The molecule has 0 spiro atoms. The second-order valence-corrected chi connectivity index (χ2v) is 7.38. The summed E-state index contributed by atoms with van der Waals surface area (Å²) < 4.78 is 7.62. The molecule has 1 aliphatic carbocycles. The van der Waals surface area contributed by atoms with Crippen molar-refractivity contribution in [3.05, 3.63) is 66.4 Å². The van der Waals surface area contributed by atoms with E-state index in [1.165, 1.54) is 5.39 Å². The fourth-order valence-electron chi connectivity index (χ4n) is 4.40. The topological polar surface area (TPSA) is 47.3 Å². The van der Waals surface area contributed by atoms with Gasteiger partial charge in [0.1, 0.15) is 11.6 Å². The first kappa shape index (κ1) is 16.3. The monoisotopic (exact) mass is 358 g/mol. The SMILES string of the molecule is COc1ccc2c3ccccc3n(-c3cc(C4(O)CCCC4)ccn3)c2c1. The first-order valence-corrected chi connectivity index (χ1v) is 9.46. The van der Waals surface area contributed by atoms with Crippen LogP contribution in [0.1, 0.15) is 31.2 Å². The summed E-state index contributed by atoms with van der Waals surface area (Å²) in [5.41, 5.74) is 2.38. The molecular weight excluding hydrogens is 336 g/mol. The van der Waals surface area contributed by atoms with Crippen LogP contribution < -0.4 is 4.74 Å². The van der Waals surface area contributed by atoms with Crippen molar-refractivity contribution in [3.8, 4) is 11.6 Å². The molecule has 0 saturated heterocycles. The lowest BCUT2D eigenvalue weighted by atomic mass is 9.93. The first-order chi connectivity index (χ1) is 13.2. The quantitative estimate of drug-likeness (QED) is 0.564. The van der Waals surface area contributed by atoms with E-state index < -0.39 is 5.60 Å². The highest BCUT2D eigenvalue weighted by molar-refractivity contribution is 6.09. The fraction of sp³-hybridized carbons (Fsp3) is 0.261. The van der Waals surface area contributed by atoms with Gasteiger partial charge in [0.25, 0.3) is 0 Å². The Bertz CT molecular complexity index is 1140. The third-order valence-electron chi connectivity index (χ3n) is 5.82. The molecule has 0 atom stereocenters. The van der Waals surface area contributed by atoms with Crippen LogP contribution in [0.25, 0.3) is 27.6 Å². The van der Waals surface area contributed by atoms with Crippen LogP contribution in [0.5, 0.6) is 5.75 Å². The predicted molar refractivity (Wildman–Crippen MR) is 107 cm³/mol.